The molecule has 126 valence electrons. The fourth-order valence-electron chi connectivity index (χ4n) is 3.39. The van der Waals surface area contributed by atoms with E-state index in [0.29, 0.717) is 23.5 Å². The number of hydrogen-bond donors (Lipinski definition) is 2. The van der Waals surface area contributed by atoms with E-state index in [-0.39, 0.29) is 0 Å². The van der Waals surface area contributed by atoms with E-state index < -0.39 is 0 Å². The molecule has 23 heavy (non-hydrogen) atoms. The smallest absolute Gasteiger partial charge is 0.191 e. The van der Waals surface area contributed by atoms with Gasteiger partial charge in [-0.05, 0) is 43.2 Å². The summed E-state index contributed by atoms with van der Waals surface area (Å²) in [5.74, 6) is 0.854. The molecular weight excluding hydrogens is 330 g/mol. The molecule has 1 aromatic rings. The van der Waals surface area contributed by atoms with E-state index in [0.717, 1.165) is 30.4 Å². The number of halogens is 1. The van der Waals surface area contributed by atoms with Gasteiger partial charge in [0.2, 0.25) is 0 Å². The van der Waals surface area contributed by atoms with Crippen molar-refractivity contribution < 1.29 is 4.74 Å². The van der Waals surface area contributed by atoms with Crippen molar-refractivity contribution in [2.45, 2.75) is 42.8 Å². The minimum atomic E-state index is 0.337. The maximum Gasteiger partial charge on any atom is 0.191 e. The molecule has 2 saturated heterocycles. The quantitative estimate of drug-likeness (QED) is 0.630. The second-order valence-corrected chi connectivity index (χ2v) is 7.57. The number of thioether (sulfide) groups is 1. The van der Waals surface area contributed by atoms with Crippen molar-refractivity contribution in [1.29, 1.82) is 0 Å². The Balaban J connectivity index is 1.54. The van der Waals surface area contributed by atoms with E-state index in [2.05, 4.69) is 27.9 Å². The number of rotatable bonds is 5. The minimum Gasteiger partial charge on any atom is -0.373 e. The van der Waals surface area contributed by atoms with Crippen molar-refractivity contribution in [3.05, 3.63) is 34.9 Å². The average Bonchev–Trinajstić information content (AvgIpc) is 3.17. The van der Waals surface area contributed by atoms with Gasteiger partial charge in [-0.3, -0.25) is 4.99 Å². The largest absolute Gasteiger partial charge is 0.373 e. The summed E-state index contributed by atoms with van der Waals surface area (Å²) in [4.78, 5) is 4.36. The van der Waals surface area contributed by atoms with Gasteiger partial charge < -0.3 is 15.4 Å². The van der Waals surface area contributed by atoms with Crippen LogP contribution < -0.4 is 10.6 Å². The third kappa shape index (κ3) is 4.14. The van der Waals surface area contributed by atoms with Crippen molar-refractivity contribution in [3.63, 3.8) is 0 Å². The molecular formula is C17H24ClN3OS. The van der Waals surface area contributed by atoms with Gasteiger partial charge in [0.15, 0.2) is 5.96 Å². The lowest BCUT2D eigenvalue weighted by molar-refractivity contribution is 0.0992. The molecule has 0 aromatic heterocycles. The van der Waals surface area contributed by atoms with Gasteiger partial charge in [-0.1, -0.05) is 23.7 Å². The fourth-order valence-corrected chi connectivity index (χ4v) is 4.26. The molecule has 3 rings (SSSR count). The van der Waals surface area contributed by atoms with Gasteiger partial charge in [0.1, 0.15) is 0 Å². The van der Waals surface area contributed by atoms with Gasteiger partial charge in [-0.25, -0.2) is 0 Å². The molecule has 4 atom stereocenters. The molecule has 4 unspecified atom stereocenters. The van der Waals surface area contributed by atoms with E-state index in [4.69, 9.17) is 16.3 Å². The molecule has 2 aliphatic heterocycles. The second kappa shape index (κ2) is 7.77. The Bertz CT molecular complexity index is 569. The summed E-state index contributed by atoms with van der Waals surface area (Å²) in [7, 11) is 1.82. The van der Waals surface area contributed by atoms with E-state index in [1.165, 1.54) is 12.0 Å². The fraction of sp³-hybridized carbons (Fsp3) is 0.588. The molecule has 2 aliphatic rings. The number of aliphatic imine (C=N–C) groups is 1. The number of nitrogens with one attached hydrogen (secondary N) is 2. The monoisotopic (exact) mass is 353 g/mol. The third-order valence-electron chi connectivity index (χ3n) is 4.61. The first-order valence-electron chi connectivity index (χ1n) is 8.10. The Morgan fingerprint density at radius 2 is 2.35 bits per heavy atom. The van der Waals surface area contributed by atoms with Gasteiger partial charge in [0.25, 0.3) is 0 Å². The number of hydrogen-bond acceptors (Lipinski definition) is 3. The van der Waals surface area contributed by atoms with Gasteiger partial charge in [0.05, 0.1) is 18.2 Å². The third-order valence-corrected chi connectivity index (χ3v) is 5.85. The van der Waals surface area contributed by atoms with Crippen LogP contribution in [0.2, 0.25) is 5.02 Å². The van der Waals surface area contributed by atoms with Crippen LogP contribution in [0, 0.1) is 0 Å². The summed E-state index contributed by atoms with van der Waals surface area (Å²) in [6.45, 7) is 0.808. The lowest BCUT2D eigenvalue weighted by Gasteiger charge is -2.24. The SMILES string of the molecule is CN=C(NCC(SC)c1cccc(Cl)c1)NC1CC2CCC1O2. The molecule has 2 bridgehead atoms. The Morgan fingerprint density at radius 1 is 1.48 bits per heavy atom. The number of guanidine groups is 1. The lowest BCUT2D eigenvalue weighted by atomic mass is 9.96. The van der Waals surface area contributed by atoms with Gasteiger partial charge in [-0.15, -0.1) is 0 Å². The van der Waals surface area contributed by atoms with Crippen LogP contribution in [0.4, 0.5) is 0 Å². The summed E-state index contributed by atoms with van der Waals surface area (Å²) >= 11 is 7.92. The van der Waals surface area contributed by atoms with Crippen molar-refractivity contribution in [3.8, 4) is 0 Å². The first-order chi connectivity index (χ1) is 11.2. The Kier molecular flexibility index (Phi) is 5.72. The van der Waals surface area contributed by atoms with Crippen LogP contribution in [0.5, 0.6) is 0 Å². The summed E-state index contributed by atoms with van der Waals surface area (Å²) in [5, 5.41) is 8.08. The lowest BCUT2D eigenvalue weighted by Crippen LogP contribution is -2.48. The zero-order chi connectivity index (χ0) is 16.2. The molecule has 0 amide bonds. The molecule has 1 aromatic carbocycles. The molecule has 6 heteroatoms. The Labute approximate surface area is 147 Å². The normalized spacial score (nSPS) is 28.0. The van der Waals surface area contributed by atoms with Gasteiger partial charge >= 0.3 is 0 Å². The van der Waals surface area contributed by atoms with Crippen LogP contribution in [0.1, 0.15) is 30.1 Å². The van der Waals surface area contributed by atoms with Crippen LogP contribution in [-0.2, 0) is 4.74 Å². The van der Waals surface area contributed by atoms with Crippen LogP contribution in [-0.4, -0.2) is 44.1 Å². The summed E-state index contributed by atoms with van der Waals surface area (Å²) < 4.78 is 5.90. The highest BCUT2D eigenvalue weighted by Crippen LogP contribution is 2.34. The molecule has 2 fully saturated rings. The van der Waals surface area contributed by atoms with E-state index in [9.17, 15) is 0 Å². The highest BCUT2D eigenvalue weighted by Gasteiger charge is 2.41. The zero-order valence-corrected chi connectivity index (χ0v) is 15.2. The average molecular weight is 354 g/mol. The van der Waals surface area contributed by atoms with Crippen molar-refractivity contribution in [2.75, 3.05) is 19.8 Å². The summed E-state index contributed by atoms with van der Waals surface area (Å²) in [5.41, 5.74) is 1.23. The highest BCUT2D eigenvalue weighted by molar-refractivity contribution is 7.98. The Hall–Kier alpha value is -0.910. The van der Waals surface area contributed by atoms with Crippen LogP contribution in [0.25, 0.3) is 0 Å². The maximum atomic E-state index is 6.11. The number of fused-ring (bicyclic) bond motifs is 2. The van der Waals surface area contributed by atoms with Crippen LogP contribution >= 0.6 is 23.4 Å². The molecule has 4 nitrogen and oxygen atoms in total. The van der Waals surface area contributed by atoms with Crippen molar-refractivity contribution in [2.24, 2.45) is 4.99 Å². The highest BCUT2D eigenvalue weighted by atomic mass is 35.5. The molecule has 0 spiro atoms. The number of ether oxygens (including phenoxy) is 1. The van der Waals surface area contributed by atoms with E-state index in [1.54, 1.807) is 0 Å². The maximum absolute atomic E-state index is 6.11. The van der Waals surface area contributed by atoms with Crippen molar-refractivity contribution >= 4 is 29.3 Å². The first kappa shape index (κ1) is 16.9. The second-order valence-electron chi connectivity index (χ2n) is 6.09. The predicted octanol–water partition coefficient (Wildman–Crippen LogP) is 3.23. The zero-order valence-electron chi connectivity index (χ0n) is 13.6. The molecule has 2 N–H and O–H groups in total. The summed E-state index contributed by atoms with van der Waals surface area (Å²) in [6.07, 6.45) is 6.37. The van der Waals surface area contributed by atoms with E-state index >= 15 is 0 Å². The van der Waals surface area contributed by atoms with Gasteiger partial charge in [0, 0.05) is 23.9 Å². The van der Waals surface area contributed by atoms with E-state index in [1.807, 2.05) is 37.0 Å². The molecule has 0 radical (unpaired) electrons. The van der Waals surface area contributed by atoms with Crippen molar-refractivity contribution in [1.82, 2.24) is 10.6 Å². The standard InChI is InChI=1S/C17H24ClN3OS/c1-19-17(21-14-9-13-6-7-15(14)22-13)20-10-16(23-2)11-4-3-5-12(18)8-11/h3-5,8,13-16H,6-7,9-10H2,1-2H3,(H2,19,20,21). The predicted molar refractivity (Wildman–Crippen MR) is 98.5 cm³/mol. The molecule has 2 heterocycles. The van der Waals surface area contributed by atoms with Gasteiger partial charge in [-0.2, -0.15) is 11.8 Å². The minimum absolute atomic E-state index is 0.337. The van der Waals surface area contributed by atoms with Crippen LogP contribution in [0.15, 0.2) is 29.3 Å². The molecule has 0 aliphatic carbocycles. The topological polar surface area (TPSA) is 45.7 Å². The number of nitrogens with zero attached hydrogens (tertiary/aromatic N) is 1. The molecule has 0 saturated carbocycles. The number of benzene rings is 1. The van der Waals surface area contributed by atoms with Crippen LogP contribution in [0.3, 0.4) is 0 Å². The first-order valence-corrected chi connectivity index (χ1v) is 9.77. The Morgan fingerprint density at radius 3 is 2.96 bits per heavy atom. The summed E-state index contributed by atoms with van der Waals surface area (Å²) in [6, 6.07) is 8.45.